The average molecular weight is 434 g/mol. The van der Waals surface area contributed by atoms with Gasteiger partial charge in [-0.05, 0) is 49.1 Å². The molecule has 2 aliphatic rings. The van der Waals surface area contributed by atoms with Gasteiger partial charge in [-0.25, -0.2) is 4.79 Å². The fourth-order valence-corrected chi connectivity index (χ4v) is 4.40. The zero-order valence-electron chi connectivity index (χ0n) is 18.4. The molecule has 2 aromatic carbocycles. The first-order chi connectivity index (χ1) is 15.2. The molecule has 2 aliphatic heterocycles. The highest BCUT2D eigenvalue weighted by Crippen LogP contribution is 2.33. The highest BCUT2D eigenvalue weighted by Gasteiger charge is 2.51. The molecule has 166 valence electrons. The molecule has 0 aromatic heterocycles. The van der Waals surface area contributed by atoms with Gasteiger partial charge in [-0.3, -0.25) is 19.3 Å². The minimum absolute atomic E-state index is 0.0212. The normalized spacial score (nSPS) is 19.7. The number of nitrogens with one attached hydrogen (secondary N) is 2. The highest BCUT2D eigenvalue weighted by molar-refractivity contribution is 6.10. The number of amides is 5. The number of carbonyl (C=O) groups is 4. The fraction of sp³-hybridized carbons (Fsp3) is 0.333. The maximum atomic E-state index is 13.2. The number of carbonyl (C=O) groups excluding carboxylic acids is 4. The Balaban J connectivity index is 1.48. The van der Waals surface area contributed by atoms with Gasteiger partial charge in [0.15, 0.2) is 0 Å². The largest absolute Gasteiger partial charge is 0.325 e. The second-order valence-electron chi connectivity index (χ2n) is 8.26. The summed E-state index contributed by atoms with van der Waals surface area (Å²) in [5.41, 5.74) is 2.95. The van der Waals surface area contributed by atoms with Crippen molar-refractivity contribution in [3.05, 3.63) is 59.2 Å². The first-order valence-corrected chi connectivity index (χ1v) is 10.7. The minimum atomic E-state index is -1.17. The van der Waals surface area contributed by atoms with Gasteiger partial charge in [0, 0.05) is 24.8 Å². The summed E-state index contributed by atoms with van der Waals surface area (Å²) in [7, 11) is 0. The van der Waals surface area contributed by atoms with Crippen molar-refractivity contribution in [2.45, 2.75) is 39.2 Å². The first kappa shape index (κ1) is 21.5. The van der Waals surface area contributed by atoms with Crippen LogP contribution in [0.2, 0.25) is 0 Å². The molecule has 1 atom stereocenters. The van der Waals surface area contributed by atoms with E-state index in [4.69, 9.17) is 0 Å². The molecule has 0 aliphatic carbocycles. The van der Waals surface area contributed by atoms with E-state index in [1.165, 1.54) is 6.92 Å². The van der Waals surface area contributed by atoms with Crippen molar-refractivity contribution < 1.29 is 19.2 Å². The van der Waals surface area contributed by atoms with Crippen molar-refractivity contribution in [1.82, 2.24) is 10.2 Å². The monoisotopic (exact) mass is 434 g/mol. The first-order valence-electron chi connectivity index (χ1n) is 10.7. The predicted octanol–water partition coefficient (Wildman–Crippen LogP) is 2.70. The van der Waals surface area contributed by atoms with Crippen LogP contribution >= 0.6 is 0 Å². The molecule has 4 rings (SSSR count). The standard InChI is InChI=1S/C24H26N4O4/c1-4-24(18-7-5-15(2)6-8-18)22(31)28(23(32)26-24)14-21(30)25-19-9-10-20-17(13-19)11-12-27(20)16(3)29/h5-10,13H,4,11-12,14H2,1-3H3,(H,25,30)(H,26,32)/t24-/m0/s1. The van der Waals surface area contributed by atoms with Crippen LogP contribution in [0.3, 0.4) is 0 Å². The Labute approximate surface area is 186 Å². The second kappa shape index (κ2) is 8.11. The quantitative estimate of drug-likeness (QED) is 0.707. The van der Waals surface area contributed by atoms with Crippen LogP contribution in [0.5, 0.6) is 0 Å². The molecule has 2 aromatic rings. The number of imide groups is 1. The van der Waals surface area contributed by atoms with Crippen molar-refractivity contribution in [3.63, 3.8) is 0 Å². The van der Waals surface area contributed by atoms with Crippen molar-refractivity contribution >= 4 is 35.1 Å². The van der Waals surface area contributed by atoms with E-state index in [1.807, 2.05) is 44.2 Å². The summed E-state index contributed by atoms with van der Waals surface area (Å²) in [5, 5.41) is 5.55. The topological polar surface area (TPSA) is 98.8 Å². The Morgan fingerprint density at radius 2 is 1.84 bits per heavy atom. The number of hydrogen-bond acceptors (Lipinski definition) is 4. The number of benzene rings is 2. The van der Waals surface area contributed by atoms with Crippen molar-refractivity contribution in [2.75, 3.05) is 23.3 Å². The molecule has 2 heterocycles. The lowest BCUT2D eigenvalue weighted by Crippen LogP contribution is -2.44. The van der Waals surface area contributed by atoms with E-state index in [2.05, 4.69) is 10.6 Å². The van der Waals surface area contributed by atoms with Gasteiger partial charge in [0.25, 0.3) is 5.91 Å². The Hall–Kier alpha value is -3.68. The van der Waals surface area contributed by atoms with E-state index in [9.17, 15) is 19.2 Å². The molecular formula is C24H26N4O4. The van der Waals surface area contributed by atoms with Crippen LogP contribution in [0.25, 0.3) is 0 Å². The minimum Gasteiger partial charge on any atom is -0.325 e. The van der Waals surface area contributed by atoms with Gasteiger partial charge in [0.05, 0.1) is 0 Å². The predicted molar refractivity (Wildman–Crippen MR) is 120 cm³/mol. The highest BCUT2D eigenvalue weighted by atomic mass is 16.2. The van der Waals surface area contributed by atoms with Crippen LogP contribution in [0.15, 0.2) is 42.5 Å². The summed E-state index contributed by atoms with van der Waals surface area (Å²) in [5.74, 6) is -0.923. The summed E-state index contributed by atoms with van der Waals surface area (Å²) in [6.07, 6.45) is 1.08. The lowest BCUT2D eigenvalue weighted by Gasteiger charge is -2.26. The van der Waals surface area contributed by atoms with Crippen molar-refractivity contribution in [3.8, 4) is 0 Å². The second-order valence-corrected chi connectivity index (χ2v) is 8.26. The van der Waals surface area contributed by atoms with Gasteiger partial charge < -0.3 is 15.5 Å². The number of nitrogens with zero attached hydrogens (tertiary/aromatic N) is 2. The van der Waals surface area contributed by atoms with E-state index in [1.54, 1.807) is 17.0 Å². The molecule has 0 bridgehead atoms. The molecular weight excluding hydrogens is 408 g/mol. The molecule has 0 spiro atoms. The third-order valence-electron chi connectivity index (χ3n) is 6.19. The molecule has 8 heteroatoms. The molecule has 5 amide bonds. The van der Waals surface area contributed by atoms with Crippen molar-refractivity contribution in [1.29, 1.82) is 0 Å². The van der Waals surface area contributed by atoms with Gasteiger partial charge >= 0.3 is 6.03 Å². The lowest BCUT2D eigenvalue weighted by atomic mass is 9.87. The van der Waals surface area contributed by atoms with Gasteiger partial charge in [-0.2, -0.15) is 0 Å². The summed E-state index contributed by atoms with van der Waals surface area (Å²) in [4.78, 5) is 52.9. The Kier molecular flexibility index (Phi) is 5.46. The molecule has 32 heavy (non-hydrogen) atoms. The maximum absolute atomic E-state index is 13.2. The number of aryl methyl sites for hydroxylation is 1. The molecule has 8 nitrogen and oxygen atoms in total. The lowest BCUT2D eigenvalue weighted by molar-refractivity contribution is -0.134. The van der Waals surface area contributed by atoms with Crippen LogP contribution in [0.4, 0.5) is 16.2 Å². The van der Waals surface area contributed by atoms with Gasteiger partial charge in [0.2, 0.25) is 11.8 Å². The molecule has 2 N–H and O–H groups in total. The van der Waals surface area contributed by atoms with Gasteiger partial charge in [-0.1, -0.05) is 36.8 Å². The molecule has 1 fully saturated rings. The van der Waals surface area contributed by atoms with Crippen LogP contribution < -0.4 is 15.5 Å². The Morgan fingerprint density at radius 3 is 2.50 bits per heavy atom. The number of fused-ring (bicyclic) bond motifs is 1. The van der Waals surface area contributed by atoms with Crippen LogP contribution in [-0.4, -0.2) is 41.7 Å². The average Bonchev–Trinajstić information content (AvgIpc) is 3.29. The third-order valence-corrected chi connectivity index (χ3v) is 6.19. The number of anilines is 2. The zero-order chi connectivity index (χ0) is 23.0. The Morgan fingerprint density at radius 1 is 1.12 bits per heavy atom. The molecule has 1 saturated heterocycles. The van der Waals surface area contributed by atoms with E-state index in [-0.39, 0.29) is 12.5 Å². The molecule has 0 unspecified atom stereocenters. The van der Waals surface area contributed by atoms with Gasteiger partial charge in [0.1, 0.15) is 12.1 Å². The van der Waals surface area contributed by atoms with Crippen LogP contribution in [-0.2, 0) is 26.3 Å². The number of urea groups is 1. The number of hydrogen-bond donors (Lipinski definition) is 2. The Bertz CT molecular complexity index is 1110. The SMILES string of the molecule is CC[C@@]1(c2ccc(C)cc2)NC(=O)N(CC(=O)Nc2ccc3c(c2)CCN3C(C)=O)C1=O. The van der Waals surface area contributed by atoms with Crippen LogP contribution in [0.1, 0.15) is 37.0 Å². The summed E-state index contributed by atoms with van der Waals surface area (Å²) in [6, 6.07) is 12.2. The molecule has 0 saturated carbocycles. The number of rotatable bonds is 5. The maximum Gasteiger partial charge on any atom is 0.325 e. The fourth-order valence-electron chi connectivity index (χ4n) is 4.40. The third kappa shape index (κ3) is 3.62. The summed E-state index contributed by atoms with van der Waals surface area (Å²) in [6.45, 7) is 5.54. The summed E-state index contributed by atoms with van der Waals surface area (Å²) >= 11 is 0. The van der Waals surface area contributed by atoms with Crippen LogP contribution in [0, 0.1) is 6.92 Å². The molecule has 0 radical (unpaired) electrons. The van der Waals surface area contributed by atoms with E-state index in [0.29, 0.717) is 30.6 Å². The zero-order valence-corrected chi connectivity index (χ0v) is 18.4. The van der Waals surface area contributed by atoms with E-state index >= 15 is 0 Å². The van der Waals surface area contributed by atoms with Crippen molar-refractivity contribution in [2.24, 2.45) is 0 Å². The smallest absolute Gasteiger partial charge is 0.325 e. The van der Waals surface area contributed by atoms with E-state index in [0.717, 1.165) is 21.7 Å². The summed E-state index contributed by atoms with van der Waals surface area (Å²) < 4.78 is 0. The van der Waals surface area contributed by atoms with E-state index < -0.39 is 23.4 Å². The van der Waals surface area contributed by atoms with Gasteiger partial charge in [-0.15, -0.1) is 0 Å².